The Hall–Kier alpha value is -2.06. The third-order valence-electron chi connectivity index (χ3n) is 3.82. The molecule has 2 heteroatoms. The van der Waals surface area contributed by atoms with Gasteiger partial charge in [-0.1, -0.05) is 73.4 Å². The van der Waals surface area contributed by atoms with E-state index in [0.717, 1.165) is 11.4 Å². The first-order valence-corrected chi connectivity index (χ1v) is 10.9. The summed E-state index contributed by atoms with van der Waals surface area (Å²) in [5.74, 6) is 0. The first-order chi connectivity index (χ1) is 10.0. The predicted molar refractivity (Wildman–Crippen MR) is 96.7 cm³/mol. The van der Waals surface area contributed by atoms with E-state index in [0.29, 0.717) is 0 Å². The van der Waals surface area contributed by atoms with Gasteiger partial charge in [-0.15, -0.1) is 0 Å². The maximum atomic E-state index is 3.54. The van der Waals surface area contributed by atoms with Gasteiger partial charge in [0.25, 0.3) is 0 Å². The summed E-state index contributed by atoms with van der Waals surface area (Å²) in [6, 6.07) is 23.8. The Bertz CT molecular complexity index is 749. The van der Waals surface area contributed by atoms with E-state index in [1.807, 2.05) is 0 Å². The molecule has 21 heavy (non-hydrogen) atoms. The molecular formula is C19H21NSi. The highest BCUT2D eigenvalue weighted by Gasteiger charge is 2.15. The van der Waals surface area contributed by atoms with Crippen LogP contribution in [0, 0.1) is 0 Å². The van der Waals surface area contributed by atoms with Gasteiger partial charge in [0.05, 0.1) is 8.07 Å². The molecule has 0 amide bonds. The number of fused-ring (bicyclic) bond motifs is 1. The third-order valence-corrected chi connectivity index (χ3v) is 5.88. The number of rotatable bonds is 3. The van der Waals surface area contributed by atoms with Crippen molar-refractivity contribution in [1.82, 2.24) is 0 Å². The second-order valence-corrected chi connectivity index (χ2v) is 11.6. The minimum Gasteiger partial charge on any atom is -0.355 e. The number of benzene rings is 3. The summed E-state index contributed by atoms with van der Waals surface area (Å²) in [6.07, 6.45) is 0. The average Bonchev–Trinajstić information content (AvgIpc) is 2.47. The predicted octanol–water partition coefficient (Wildman–Crippen LogP) is 5.13. The van der Waals surface area contributed by atoms with Crippen LogP contribution in [-0.2, 0) is 0 Å². The smallest absolute Gasteiger partial charge is 0.0775 e. The van der Waals surface area contributed by atoms with Gasteiger partial charge >= 0.3 is 0 Å². The van der Waals surface area contributed by atoms with Gasteiger partial charge in [-0.25, -0.2) is 0 Å². The molecule has 0 aliphatic rings. The van der Waals surface area contributed by atoms with E-state index in [2.05, 4.69) is 91.7 Å². The molecule has 1 N–H and O–H groups in total. The average molecular weight is 291 g/mol. The second kappa shape index (κ2) is 5.38. The molecule has 0 fully saturated rings. The Balaban J connectivity index is 1.92. The van der Waals surface area contributed by atoms with Gasteiger partial charge in [0, 0.05) is 16.8 Å². The Kier molecular flexibility index (Phi) is 3.56. The molecular weight excluding hydrogens is 270 g/mol. The summed E-state index contributed by atoms with van der Waals surface area (Å²) >= 11 is 0. The van der Waals surface area contributed by atoms with Gasteiger partial charge < -0.3 is 5.32 Å². The highest BCUT2D eigenvalue weighted by Crippen LogP contribution is 2.26. The summed E-state index contributed by atoms with van der Waals surface area (Å²) in [7, 11) is -1.22. The second-order valence-electron chi connectivity index (χ2n) is 6.48. The van der Waals surface area contributed by atoms with Crippen LogP contribution in [0.1, 0.15) is 0 Å². The van der Waals surface area contributed by atoms with Gasteiger partial charge in [-0.2, -0.15) is 0 Å². The maximum Gasteiger partial charge on any atom is 0.0775 e. The topological polar surface area (TPSA) is 12.0 Å². The standard InChI is InChI=1S/C19H21NSi/c1-21(2,3)17-13-11-16(12-14-17)20-19-10-6-8-15-7-4-5-9-18(15)19/h4-14,20H,1-3H3. The summed E-state index contributed by atoms with van der Waals surface area (Å²) in [6.45, 7) is 7.13. The molecule has 1 nitrogen and oxygen atoms in total. The van der Waals surface area contributed by atoms with Crippen LogP contribution in [0.2, 0.25) is 19.6 Å². The molecule has 0 aliphatic heterocycles. The van der Waals surface area contributed by atoms with E-state index in [1.54, 1.807) is 0 Å². The minimum absolute atomic E-state index is 1.15. The van der Waals surface area contributed by atoms with Gasteiger partial charge in [-0.05, 0) is 23.6 Å². The quantitative estimate of drug-likeness (QED) is 0.660. The summed E-state index contributed by atoms with van der Waals surface area (Å²) in [5, 5.41) is 7.56. The van der Waals surface area contributed by atoms with Crippen LogP contribution in [0.25, 0.3) is 10.8 Å². The molecule has 0 heterocycles. The van der Waals surface area contributed by atoms with Crippen LogP contribution in [0.15, 0.2) is 66.7 Å². The summed E-state index contributed by atoms with van der Waals surface area (Å²) in [4.78, 5) is 0. The van der Waals surface area contributed by atoms with E-state index >= 15 is 0 Å². The van der Waals surface area contributed by atoms with E-state index in [4.69, 9.17) is 0 Å². The van der Waals surface area contributed by atoms with Crippen LogP contribution in [-0.4, -0.2) is 8.07 Å². The molecule has 0 unspecified atom stereocenters. The molecule has 0 saturated carbocycles. The summed E-state index contributed by atoms with van der Waals surface area (Å²) in [5.41, 5.74) is 2.31. The molecule has 3 aromatic rings. The van der Waals surface area contributed by atoms with Crippen LogP contribution in [0.5, 0.6) is 0 Å². The van der Waals surface area contributed by atoms with Crippen molar-refractivity contribution in [3.8, 4) is 0 Å². The minimum atomic E-state index is -1.22. The van der Waals surface area contributed by atoms with Gasteiger partial charge in [0.1, 0.15) is 0 Å². The molecule has 3 aromatic carbocycles. The Morgan fingerprint density at radius 2 is 1.38 bits per heavy atom. The number of nitrogens with one attached hydrogen (secondary N) is 1. The van der Waals surface area contributed by atoms with Crippen molar-refractivity contribution in [1.29, 1.82) is 0 Å². The zero-order chi connectivity index (χ0) is 14.9. The largest absolute Gasteiger partial charge is 0.355 e. The molecule has 0 aliphatic carbocycles. The Morgan fingerprint density at radius 1 is 0.714 bits per heavy atom. The number of hydrogen-bond donors (Lipinski definition) is 1. The zero-order valence-corrected chi connectivity index (χ0v) is 13.9. The van der Waals surface area contributed by atoms with Crippen LogP contribution >= 0.6 is 0 Å². The molecule has 0 aromatic heterocycles. The fourth-order valence-electron chi connectivity index (χ4n) is 2.54. The first-order valence-electron chi connectivity index (χ1n) is 7.39. The lowest BCUT2D eigenvalue weighted by Crippen LogP contribution is -2.37. The molecule has 0 radical (unpaired) electrons. The van der Waals surface area contributed by atoms with Crippen molar-refractivity contribution in [3.05, 3.63) is 66.7 Å². The molecule has 0 bridgehead atoms. The van der Waals surface area contributed by atoms with Crippen LogP contribution in [0.4, 0.5) is 11.4 Å². The van der Waals surface area contributed by atoms with Crippen molar-refractivity contribution in [2.45, 2.75) is 19.6 Å². The van der Waals surface area contributed by atoms with Crippen LogP contribution < -0.4 is 10.5 Å². The monoisotopic (exact) mass is 291 g/mol. The number of hydrogen-bond acceptors (Lipinski definition) is 1. The fraction of sp³-hybridized carbons (Fsp3) is 0.158. The molecule has 0 spiro atoms. The lowest BCUT2D eigenvalue weighted by Gasteiger charge is -2.17. The lowest BCUT2D eigenvalue weighted by atomic mass is 10.1. The van der Waals surface area contributed by atoms with Crippen LogP contribution in [0.3, 0.4) is 0 Å². The van der Waals surface area contributed by atoms with Crippen molar-refractivity contribution in [3.63, 3.8) is 0 Å². The van der Waals surface area contributed by atoms with Gasteiger partial charge in [0.2, 0.25) is 0 Å². The van der Waals surface area contributed by atoms with E-state index in [9.17, 15) is 0 Å². The third kappa shape index (κ3) is 3.00. The van der Waals surface area contributed by atoms with Crippen molar-refractivity contribution >= 4 is 35.4 Å². The van der Waals surface area contributed by atoms with E-state index in [-0.39, 0.29) is 0 Å². The Morgan fingerprint density at radius 3 is 2.10 bits per heavy atom. The van der Waals surface area contributed by atoms with Crippen molar-refractivity contribution < 1.29 is 0 Å². The first kappa shape index (κ1) is 13.9. The van der Waals surface area contributed by atoms with Crippen molar-refractivity contribution in [2.75, 3.05) is 5.32 Å². The molecule has 106 valence electrons. The zero-order valence-electron chi connectivity index (χ0n) is 12.9. The number of anilines is 2. The molecule has 0 saturated heterocycles. The lowest BCUT2D eigenvalue weighted by molar-refractivity contribution is 1.58. The highest BCUT2D eigenvalue weighted by atomic mass is 28.3. The SMILES string of the molecule is C[Si](C)(C)c1ccc(Nc2cccc3ccccc23)cc1. The highest BCUT2D eigenvalue weighted by molar-refractivity contribution is 6.88. The fourth-order valence-corrected chi connectivity index (χ4v) is 3.71. The molecule has 3 rings (SSSR count). The van der Waals surface area contributed by atoms with Gasteiger partial charge in [-0.3, -0.25) is 0 Å². The normalized spacial score (nSPS) is 11.6. The van der Waals surface area contributed by atoms with Crippen molar-refractivity contribution in [2.24, 2.45) is 0 Å². The molecule has 0 atom stereocenters. The maximum absolute atomic E-state index is 3.54. The Labute approximate surface area is 127 Å². The van der Waals surface area contributed by atoms with Gasteiger partial charge in [0.15, 0.2) is 0 Å². The summed E-state index contributed by atoms with van der Waals surface area (Å²) < 4.78 is 0. The van der Waals surface area contributed by atoms with E-state index < -0.39 is 8.07 Å². The van der Waals surface area contributed by atoms with E-state index in [1.165, 1.54) is 16.0 Å².